The van der Waals surface area contributed by atoms with Crippen LogP contribution in [0.2, 0.25) is 5.02 Å². The molecule has 0 bridgehead atoms. The molecule has 2 rings (SSSR count). The minimum atomic E-state index is -0.237. The van der Waals surface area contributed by atoms with E-state index in [-0.39, 0.29) is 11.9 Å². The van der Waals surface area contributed by atoms with E-state index in [2.05, 4.69) is 20.5 Å². The number of carbonyl (C=O) groups is 1. The molecule has 0 aliphatic carbocycles. The standard InChI is InChI=1S/C12H13ClN4O/c1-7-3-9(5-10(13)4-7)12(18)16-8(2)11-14-6-15-17-11/h3-6,8H,1-2H3,(H,16,18)(H,14,15,17). The molecule has 0 spiro atoms. The van der Waals surface area contributed by atoms with E-state index in [4.69, 9.17) is 11.6 Å². The number of H-pyrrole nitrogens is 1. The number of rotatable bonds is 3. The van der Waals surface area contributed by atoms with Gasteiger partial charge in [-0.25, -0.2) is 4.98 Å². The Labute approximate surface area is 110 Å². The number of nitrogens with zero attached hydrogens (tertiary/aromatic N) is 2. The van der Waals surface area contributed by atoms with E-state index < -0.39 is 0 Å². The summed E-state index contributed by atoms with van der Waals surface area (Å²) in [6.45, 7) is 3.72. The maximum absolute atomic E-state index is 12.0. The lowest BCUT2D eigenvalue weighted by Crippen LogP contribution is -2.27. The zero-order valence-corrected chi connectivity index (χ0v) is 10.8. The van der Waals surface area contributed by atoms with E-state index in [9.17, 15) is 4.79 Å². The Morgan fingerprint density at radius 3 is 2.83 bits per heavy atom. The van der Waals surface area contributed by atoms with Crippen molar-refractivity contribution in [3.05, 3.63) is 46.5 Å². The van der Waals surface area contributed by atoms with Gasteiger partial charge >= 0.3 is 0 Å². The van der Waals surface area contributed by atoms with Crippen molar-refractivity contribution in [3.63, 3.8) is 0 Å². The summed E-state index contributed by atoms with van der Waals surface area (Å²) in [5.74, 6) is 0.423. The van der Waals surface area contributed by atoms with Gasteiger partial charge in [-0.1, -0.05) is 11.6 Å². The second kappa shape index (κ2) is 5.18. The van der Waals surface area contributed by atoms with Crippen LogP contribution in [0.4, 0.5) is 0 Å². The fraction of sp³-hybridized carbons (Fsp3) is 0.250. The Morgan fingerprint density at radius 2 is 2.22 bits per heavy atom. The van der Waals surface area contributed by atoms with Crippen molar-refractivity contribution in [1.82, 2.24) is 20.5 Å². The van der Waals surface area contributed by atoms with Crippen LogP contribution in [-0.4, -0.2) is 21.1 Å². The van der Waals surface area contributed by atoms with E-state index in [0.717, 1.165) is 5.56 Å². The van der Waals surface area contributed by atoms with Crippen LogP contribution in [0.25, 0.3) is 0 Å². The fourth-order valence-electron chi connectivity index (χ4n) is 1.64. The van der Waals surface area contributed by atoms with Crippen molar-refractivity contribution in [2.75, 3.05) is 0 Å². The first-order chi connectivity index (χ1) is 8.56. The Bertz CT molecular complexity index is 533. The molecule has 2 N–H and O–H groups in total. The summed E-state index contributed by atoms with van der Waals surface area (Å²) in [5.41, 5.74) is 1.48. The molecule has 0 aliphatic heterocycles. The molecule has 0 saturated heterocycles. The molecule has 5 nitrogen and oxygen atoms in total. The maximum Gasteiger partial charge on any atom is 0.251 e. The molecular formula is C12H13ClN4O. The third kappa shape index (κ3) is 2.87. The molecule has 0 aliphatic rings. The number of hydrogen-bond acceptors (Lipinski definition) is 3. The summed E-state index contributed by atoms with van der Waals surface area (Å²) in [5, 5.41) is 9.83. The molecule has 0 radical (unpaired) electrons. The third-order valence-electron chi connectivity index (χ3n) is 2.50. The van der Waals surface area contributed by atoms with Gasteiger partial charge in [-0.15, -0.1) is 0 Å². The first-order valence-corrected chi connectivity index (χ1v) is 5.87. The number of aryl methyl sites for hydroxylation is 1. The van der Waals surface area contributed by atoms with E-state index in [1.165, 1.54) is 6.33 Å². The fourth-order valence-corrected chi connectivity index (χ4v) is 1.93. The van der Waals surface area contributed by atoms with Gasteiger partial charge in [0.05, 0.1) is 6.04 Å². The van der Waals surface area contributed by atoms with Gasteiger partial charge in [0.25, 0.3) is 5.91 Å². The molecule has 94 valence electrons. The first-order valence-electron chi connectivity index (χ1n) is 5.49. The predicted octanol–water partition coefficient (Wildman–Crippen LogP) is 2.26. The quantitative estimate of drug-likeness (QED) is 0.893. The number of hydrogen-bond donors (Lipinski definition) is 2. The number of benzene rings is 1. The molecule has 1 atom stereocenters. The van der Waals surface area contributed by atoms with Crippen molar-refractivity contribution >= 4 is 17.5 Å². The molecule has 1 aromatic heterocycles. The highest BCUT2D eigenvalue weighted by Crippen LogP contribution is 2.15. The SMILES string of the molecule is Cc1cc(Cl)cc(C(=O)NC(C)c2ncn[nH]2)c1. The summed E-state index contributed by atoms with van der Waals surface area (Å²) in [6, 6.07) is 4.99. The lowest BCUT2D eigenvalue weighted by atomic mass is 10.1. The number of aromatic nitrogens is 3. The minimum Gasteiger partial charge on any atom is -0.342 e. The molecule has 0 fully saturated rings. The topological polar surface area (TPSA) is 70.7 Å². The van der Waals surface area contributed by atoms with Crippen LogP contribution in [0.3, 0.4) is 0 Å². The first kappa shape index (κ1) is 12.6. The van der Waals surface area contributed by atoms with Crippen LogP contribution >= 0.6 is 11.6 Å². The summed E-state index contributed by atoms with van der Waals surface area (Å²) < 4.78 is 0. The van der Waals surface area contributed by atoms with E-state index in [0.29, 0.717) is 16.4 Å². The number of amides is 1. The number of carbonyl (C=O) groups excluding carboxylic acids is 1. The molecule has 1 amide bonds. The van der Waals surface area contributed by atoms with E-state index in [1.807, 2.05) is 13.8 Å². The summed E-state index contributed by atoms with van der Waals surface area (Å²) in [4.78, 5) is 16.0. The van der Waals surface area contributed by atoms with Gasteiger partial charge in [0.1, 0.15) is 12.2 Å². The van der Waals surface area contributed by atoms with Gasteiger partial charge in [0, 0.05) is 10.6 Å². The summed E-state index contributed by atoms with van der Waals surface area (Å²) in [6.07, 6.45) is 1.40. The molecule has 1 aromatic carbocycles. The lowest BCUT2D eigenvalue weighted by molar-refractivity contribution is 0.0938. The van der Waals surface area contributed by atoms with Gasteiger partial charge in [0.2, 0.25) is 0 Å². The molecular weight excluding hydrogens is 252 g/mol. The highest BCUT2D eigenvalue weighted by Gasteiger charge is 2.14. The second-order valence-corrected chi connectivity index (χ2v) is 4.52. The molecule has 2 aromatic rings. The van der Waals surface area contributed by atoms with Crippen molar-refractivity contribution in [2.24, 2.45) is 0 Å². The smallest absolute Gasteiger partial charge is 0.251 e. The van der Waals surface area contributed by atoms with Crippen molar-refractivity contribution in [2.45, 2.75) is 19.9 Å². The summed E-state index contributed by atoms with van der Waals surface area (Å²) >= 11 is 5.92. The van der Waals surface area contributed by atoms with Crippen LogP contribution in [0, 0.1) is 6.92 Å². The highest BCUT2D eigenvalue weighted by atomic mass is 35.5. The van der Waals surface area contributed by atoms with Crippen molar-refractivity contribution in [3.8, 4) is 0 Å². The van der Waals surface area contributed by atoms with Crippen LogP contribution in [0.1, 0.15) is 34.7 Å². The average Bonchev–Trinajstić information content (AvgIpc) is 2.80. The second-order valence-electron chi connectivity index (χ2n) is 4.08. The van der Waals surface area contributed by atoms with Crippen LogP contribution < -0.4 is 5.32 Å². The van der Waals surface area contributed by atoms with Gasteiger partial charge in [-0.05, 0) is 37.6 Å². The zero-order valence-electron chi connectivity index (χ0n) is 10.1. The molecule has 0 saturated carbocycles. The third-order valence-corrected chi connectivity index (χ3v) is 2.71. The number of nitrogens with one attached hydrogen (secondary N) is 2. The molecule has 1 heterocycles. The summed E-state index contributed by atoms with van der Waals surface area (Å²) in [7, 11) is 0. The number of aromatic amines is 1. The molecule has 1 unspecified atom stereocenters. The van der Waals surface area contributed by atoms with Crippen LogP contribution in [-0.2, 0) is 0 Å². The zero-order chi connectivity index (χ0) is 13.1. The van der Waals surface area contributed by atoms with E-state index in [1.54, 1.807) is 18.2 Å². The van der Waals surface area contributed by atoms with Gasteiger partial charge in [0.15, 0.2) is 0 Å². The van der Waals surface area contributed by atoms with Crippen molar-refractivity contribution < 1.29 is 4.79 Å². The predicted molar refractivity (Wildman–Crippen MR) is 68.5 cm³/mol. The normalized spacial score (nSPS) is 12.2. The van der Waals surface area contributed by atoms with Crippen LogP contribution in [0.15, 0.2) is 24.5 Å². The van der Waals surface area contributed by atoms with Crippen molar-refractivity contribution in [1.29, 1.82) is 0 Å². The molecule has 18 heavy (non-hydrogen) atoms. The lowest BCUT2D eigenvalue weighted by Gasteiger charge is -2.11. The Morgan fingerprint density at radius 1 is 1.44 bits per heavy atom. The van der Waals surface area contributed by atoms with E-state index >= 15 is 0 Å². The maximum atomic E-state index is 12.0. The van der Waals surface area contributed by atoms with Gasteiger partial charge in [-0.2, -0.15) is 5.10 Å². The van der Waals surface area contributed by atoms with Gasteiger partial charge < -0.3 is 5.32 Å². The Hall–Kier alpha value is -1.88. The largest absolute Gasteiger partial charge is 0.342 e. The Balaban J connectivity index is 2.12. The average molecular weight is 265 g/mol. The van der Waals surface area contributed by atoms with Gasteiger partial charge in [-0.3, -0.25) is 9.89 Å². The Kier molecular flexibility index (Phi) is 3.62. The highest BCUT2D eigenvalue weighted by molar-refractivity contribution is 6.31. The van der Waals surface area contributed by atoms with Crippen LogP contribution in [0.5, 0.6) is 0 Å². The number of halogens is 1. The monoisotopic (exact) mass is 264 g/mol. The minimum absolute atomic E-state index is 0.190. The molecule has 6 heteroatoms.